The van der Waals surface area contributed by atoms with E-state index in [1.54, 1.807) is 17.1 Å². The molecule has 1 aliphatic rings. The van der Waals surface area contributed by atoms with Gasteiger partial charge in [-0.1, -0.05) is 0 Å². The molecule has 1 rings (SSSR count). The normalized spacial score (nSPS) is 26.8. The zero-order chi connectivity index (χ0) is 8.59. The second kappa shape index (κ2) is 2.60. The van der Waals surface area contributed by atoms with E-state index < -0.39 is 6.23 Å². The summed E-state index contributed by atoms with van der Waals surface area (Å²) in [6.45, 7) is 2.65. The molecule has 5 nitrogen and oxygen atoms in total. The number of aliphatic hydroxyl groups is 1. The van der Waals surface area contributed by atoms with E-state index >= 15 is 0 Å². The van der Waals surface area contributed by atoms with Gasteiger partial charge in [-0.2, -0.15) is 5.01 Å². The van der Waals surface area contributed by atoms with E-state index in [4.69, 9.17) is 11.5 Å². The number of likely N-dealkylation sites (N-methyl/N-ethyl adjacent to an activating group) is 1. The Kier molecular flexibility index (Phi) is 1.92. The molecule has 1 heterocycles. The fourth-order valence-electron chi connectivity index (χ4n) is 1.18. The summed E-state index contributed by atoms with van der Waals surface area (Å²) < 4.78 is 0. The van der Waals surface area contributed by atoms with Crippen molar-refractivity contribution in [1.29, 1.82) is 0 Å². The lowest BCUT2D eigenvalue weighted by atomic mass is 10.4. The summed E-state index contributed by atoms with van der Waals surface area (Å²) in [7, 11) is 1.74. The third-order valence-corrected chi connectivity index (χ3v) is 1.89. The molecule has 5 N–H and O–H groups in total. The van der Waals surface area contributed by atoms with Crippen LogP contribution in [0, 0.1) is 0 Å². The largest absolute Gasteiger partial charge is 0.396 e. The zero-order valence-corrected chi connectivity index (χ0v) is 6.78. The van der Waals surface area contributed by atoms with E-state index in [1.165, 1.54) is 0 Å². The van der Waals surface area contributed by atoms with Crippen molar-refractivity contribution in [3.8, 4) is 0 Å². The Hall–Kier alpha value is -0.940. The average molecular weight is 158 g/mol. The first-order valence-corrected chi connectivity index (χ1v) is 3.53. The molecule has 0 amide bonds. The van der Waals surface area contributed by atoms with Crippen LogP contribution in [0.15, 0.2) is 11.5 Å². The van der Waals surface area contributed by atoms with Crippen LogP contribution in [0.5, 0.6) is 0 Å². The Bertz CT molecular complexity index is 191. The van der Waals surface area contributed by atoms with Crippen molar-refractivity contribution in [3.05, 3.63) is 11.5 Å². The standard InChI is InChI=1S/C6H14N4O/c1-3-10-5(8)4(7)6(11)9(10)2/h6,11H,3,7-8H2,1-2H3. The highest BCUT2D eigenvalue weighted by molar-refractivity contribution is 5.14. The summed E-state index contributed by atoms with van der Waals surface area (Å²) >= 11 is 0. The molecule has 1 atom stereocenters. The van der Waals surface area contributed by atoms with Gasteiger partial charge >= 0.3 is 0 Å². The number of nitrogens with two attached hydrogens (primary N) is 2. The van der Waals surface area contributed by atoms with Crippen LogP contribution in [-0.2, 0) is 0 Å². The summed E-state index contributed by atoms with van der Waals surface area (Å²) in [6.07, 6.45) is -0.769. The molecule has 0 fully saturated rings. The van der Waals surface area contributed by atoms with Crippen LogP contribution >= 0.6 is 0 Å². The Labute approximate surface area is 65.8 Å². The monoisotopic (exact) mass is 158 g/mol. The van der Waals surface area contributed by atoms with Gasteiger partial charge in [0.2, 0.25) is 0 Å². The number of hydrazine groups is 1. The Morgan fingerprint density at radius 2 is 2.09 bits per heavy atom. The van der Waals surface area contributed by atoms with E-state index in [9.17, 15) is 5.11 Å². The van der Waals surface area contributed by atoms with E-state index in [2.05, 4.69) is 0 Å². The Balaban J connectivity index is 2.86. The van der Waals surface area contributed by atoms with Crippen molar-refractivity contribution < 1.29 is 5.11 Å². The topological polar surface area (TPSA) is 78.8 Å². The van der Waals surface area contributed by atoms with Crippen LogP contribution in [0.25, 0.3) is 0 Å². The van der Waals surface area contributed by atoms with Gasteiger partial charge in [0.05, 0.1) is 5.70 Å². The highest BCUT2D eigenvalue weighted by Crippen LogP contribution is 2.18. The number of nitrogens with zero attached hydrogens (tertiary/aromatic N) is 2. The lowest BCUT2D eigenvalue weighted by Gasteiger charge is -2.27. The predicted octanol–water partition coefficient (Wildman–Crippen LogP) is -1.43. The first-order valence-electron chi connectivity index (χ1n) is 3.53. The molecule has 64 valence electrons. The molecule has 0 aromatic heterocycles. The molecule has 1 unspecified atom stereocenters. The van der Waals surface area contributed by atoms with Gasteiger partial charge in [-0.3, -0.25) is 5.01 Å². The summed E-state index contributed by atoms with van der Waals surface area (Å²) in [5.74, 6) is 0.447. The van der Waals surface area contributed by atoms with Crippen LogP contribution in [0.3, 0.4) is 0 Å². The van der Waals surface area contributed by atoms with Gasteiger partial charge in [0.15, 0.2) is 6.23 Å². The maximum atomic E-state index is 9.36. The fourth-order valence-corrected chi connectivity index (χ4v) is 1.18. The predicted molar refractivity (Wildman–Crippen MR) is 41.6 cm³/mol. The third kappa shape index (κ3) is 1.02. The minimum Gasteiger partial charge on any atom is -0.396 e. The molecule has 0 aliphatic carbocycles. The van der Waals surface area contributed by atoms with Crippen LogP contribution in [0.2, 0.25) is 0 Å². The number of hydrogen-bond acceptors (Lipinski definition) is 5. The highest BCUT2D eigenvalue weighted by Gasteiger charge is 2.30. The van der Waals surface area contributed by atoms with Gasteiger partial charge in [0, 0.05) is 13.6 Å². The molecule has 1 aliphatic heterocycles. The van der Waals surface area contributed by atoms with Gasteiger partial charge in [0.25, 0.3) is 0 Å². The lowest BCUT2D eigenvalue weighted by molar-refractivity contribution is -0.0550. The minimum atomic E-state index is -0.769. The first-order chi connectivity index (χ1) is 5.09. The molecule has 11 heavy (non-hydrogen) atoms. The van der Waals surface area contributed by atoms with Crippen molar-refractivity contribution in [2.75, 3.05) is 13.6 Å². The number of rotatable bonds is 1. The molecular formula is C6H14N4O. The fraction of sp³-hybridized carbons (Fsp3) is 0.667. The van der Waals surface area contributed by atoms with Gasteiger partial charge < -0.3 is 16.6 Å². The molecule has 0 bridgehead atoms. The van der Waals surface area contributed by atoms with E-state index in [-0.39, 0.29) is 0 Å². The minimum absolute atomic E-state index is 0.328. The molecular weight excluding hydrogens is 144 g/mol. The third-order valence-electron chi connectivity index (χ3n) is 1.89. The Morgan fingerprint density at radius 1 is 1.55 bits per heavy atom. The second-order valence-corrected chi connectivity index (χ2v) is 2.50. The van der Waals surface area contributed by atoms with Crippen molar-refractivity contribution in [3.63, 3.8) is 0 Å². The summed E-state index contributed by atoms with van der Waals surface area (Å²) in [5, 5.41) is 12.7. The average Bonchev–Trinajstić information content (AvgIpc) is 2.17. The van der Waals surface area contributed by atoms with Crippen molar-refractivity contribution in [2.45, 2.75) is 13.2 Å². The smallest absolute Gasteiger partial charge is 0.167 e. The number of aliphatic hydroxyl groups excluding tert-OH is 1. The van der Waals surface area contributed by atoms with Gasteiger partial charge in [-0.15, -0.1) is 0 Å². The van der Waals surface area contributed by atoms with E-state index in [1.807, 2.05) is 6.92 Å². The van der Waals surface area contributed by atoms with Crippen molar-refractivity contribution in [2.24, 2.45) is 11.5 Å². The van der Waals surface area contributed by atoms with Gasteiger partial charge in [-0.05, 0) is 6.92 Å². The second-order valence-electron chi connectivity index (χ2n) is 2.50. The summed E-state index contributed by atoms with van der Waals surface area (Å²) in [4.78, 5) is 0. The van der Waals surface area contributed by atoms with Crippen molar-refractivity contribution >= 4 is 0 Å². The van der Waals surface area contributed by atoms with Gasteiger partial charge in [0.1, 0.15) is 5.82 Å². The molecule has 0 saturated carbocycles. The van der Waals surface area contributed by atoms with Crippen LogP contribution in [0.1, 0.15) is 6.92 Å². The Morgan fingerprint density at radius 3 is 2.27 bits per heavy atom. The molecule has 0 spiro atoms. The zero-order valence-electron chi connectivity index (χ0n) is 6.78. The highest BCUT2D eigenvalue weighted by atomic mass is 16.3. The van der Waals surface area contributed by atoms with Crippen LogP contribution in [-0.4, -0.2) is 34.9 Å². The van der Waals surface area contributed by atoms with Crippen molar-refractivity contribution in [1.82, 2.24) is 10.0 Å². The maximum Gasteiger partial charge on any atom is 0.167 e. The maximum absolute atomic E-state index is 9.36. The quantitative estimate of drug-likeness (QED) is 0.436. The molecule has 0 aromatic rings. The van der Waals surface area contributed by atoms with E-state index in [0.29, 0.717) is 18.1 Å². The van der Waals surface area contributed by atoms with Crippen LogP contribution < -0.4 is 11.5 Å². The number of hydrogen-bond donors (Lipinski definition) is 3. The van der Waals surface area contributed by atoms with Gasteiger partial charge in [-0.25, -0.2) is 0 Å². The molecule has 5 heteroatoms. The summed E-state index contributed by atoms with van der Waals surface area (Å²) in [5.41, 5.74) is 11.4. The molecule has 0 aromatic carbocycles. The first kappa shape index (κ1) is 8.16. The molecule has 0 saturated heterocycles. The molecule has 0 radical (unpaired) electrons. The summed E-state index contributed by atoms with van der Waals surface area (Å²) in [6, 6.07) is 0. The SMILES string of the molecule is CCN1C(N)=C(N)C(O)N1C. The van der Waals surface area contributed by atoms with E-state index in [0.717, 1.165) is 0 Å². The van der Waals surface area contributed by atoms with Crippen LogP contribution in [0.4, 0.5) is 0 Å². The lowest BCUT2D eigenvalue weighted by Crippen LogP contribution is -2.40.